The zero-order valence-electron chi connectivity index (χ0n) is 17.9. The summed E-state index contributed by atoms with van der Waals surface area (Å²) >= 11 is 0. The number of hydrogen-bond donors (Lipinski definition) is 4. The molecule has 2 atom stereocenters. The number of amides is 1. The van der Waals surface area contributed by atoms with Gasteiger partial charge in [-0.1, -0.05) is 0 Å². The van der Waals surface area contributed by atoms with Crippen LogP contribution in [0.4, 0.5) is 26.5 Å². The van der Waals surface area contributed by atoms with E-state index >= 15 is 0 Å². The van der Waals surface area contributed by atoms with Gasteiger partial charge in [0.05, 0.1) is 36.0 Å². The lowest BCUT2D eigenvalue weighted by Gasteiger charge is -2.26. The van der Waals surface area contributed by atoms with Crippen molar-refractivity contribution in [2.24, 2.45) is 7.05 Å². The molecule has 0 aliphatic rings. The lowest BCUT2D eigenvalue weighted by molar-refractivity contribution is 0.127. The first-order valence-corrected chi connectivity index (χ1v) is 9.95. The number of carboxylic acid groups (broad SMARTS) is 1. The highest BCUT2D eigenvalue weighted by Crippen LogP contribution is 2.26. The number of ether oxygens (including phenoxy) is 1. The molecule has 2 heterocycles. The van der Waals surface area contributed by atoms with Crippen molar-refractivity contribution in [2.45, 2.75) is 25.9 Å². The summed E-state index contributed by atoms with van der Waals surface area (Å²) in [5, 5.41) is 31.8. The van der Waals surface area contributed by atoms with Crippen LogP contribution in [0.25, 0.3) is 10.9 Å². The Morgan fingerprint density at radius 2 is 2.16 bits per heavy atom. The summed E-state index contributed by atoms with van der Waals surface area (Å²) in [6.07, 6.45) is 0.508. The standard InChI is InChI=1S/C21H24FN7O3/c1-4-32-11-17(12(2)25-21(30)31)27-20-16(22)8-13(9-23)19(28-20)26-15-5-6-18-14(7-15)10-24-29(18)3/h5-8,10,12,17,25H,4,11H2,1-3H3,(H,30,31)(H2,26,27,28)/t12-,17+/m0/s1. The molecule has 0 saturated carbocycles. The van der Waals surface area contributed by atoms with Crippen molar-refractivity contribution in [3.05, 3.63) is 41.8 Å². The van der Waals surface area contributed by atoms with Gasteiger partial charge in [-0.25, -0.2) is 14.2 Å². The Bertz CT molecular complexity index is 1160. The molecule has 11 heteroatoms. The zero-order chi connectivity index (χ0) is 23.3. The van der Waals surface area contributed by atoms with Crippen LogP contribution in [0.15, 0.2) is 30.5 Å². The number of halogens is 1. The van der Waals surface area contributed by atoms with Gasteiger partial charge in [-0.05, 0) is 38.1 Å². The summed E-state index contributed by atoms with van der Waals surface area (Å²) in [7, 11) is 1.83. The Labute approximate surface area is 184 Å². The van der Waals surface area contributed by atoms with Crippen molar-refractivity contribution in [3.8, 4) is 6.07 Å². The minimum absolute atomic E-state index is 0.0254. The third-order valence-electron chi connectivity index (χ3n) is 4.88. The van der Waals surface area contributed by atoms with Gasteiger partial charge in [0.2, 0.25) is 0 Å². The first kappa shape index (κ1) is 22.8. The van der Waals surface area contributed by atoms with Crippen molar-refractivity contribution in [2.75, 3.05) is 23.8 Å². The first-order valence-electron chi connectivity index (χ1n) is 9.95. The lowest BCUT2D eigenvalue weighted by atomic mass is 10.1. The molecule has 0 radical (unpaired) electrons. The number of hydrogen-bond acceptors (Lipinski definition) is 7. The average Bonchev–Trinajstić information content (AvgIpc) is 3.12. The summed E-state index contributed by atoms with van der Waals surface area (Å²) < 4.78 is 21.8. The predicted molar refractivity (Wildman–Crippen MR) is 117 cm³/mol. The van der Waals surface area contributed by atoms with Crippen molar-refractivity contribution in [3.63, 3.8) is 0 Å². The number of rotatable bonds is 9. The number of carbonyl (C=O) groups is 1. The van der Waals surface area contributed by atoms with Gasteiger partial charge in [-0.2, -0.15) is 10.4 Å². The van der Waals surface area contributed by atoms with Crippen LogP contribution >= 0.6 is 0 Å². The van der Waals surface area contributed by atoms with E-state index in [1.54, 1.807) is 30.8 Å². The van der Waals surface area contributed by atoms with Gasteiger partial charge in [0, 0.05) is 24.7 Å². The van der Waals surface area contributed by atoms with Gasteiger partial charge in [0.25, 0.3) is 0 Å². The number of benzene rings is 1. The lowest BCUT2D eigenvalue weighted by Crippen LogP contribution is -2.47. The molecular formula is C21H24FN7O3. The van der Waals surface area contributed by atoms with E-state index < -0.39 is 24.0 Å². The highest BCUT2D eigenvalue weighted by atomic mass is 19.1. The molecule has 0 aliphatic heterocycles. The van der Waals surface area contributed by atoms with E-state index in [-0.39, 0.29) is 23.8 Å². The Morgan fingerprint density at radius 1 is 1.38 bits per heavy atom. The maximum absolute atomic E-state index is 14.7. The second-order valence-corrected chi connectivity index (χ2v) is 7.14. The SMILES string of the molecule is CCOC[C@@H](Nc1nc(Nc2ccc3c(cnn3C)c2)c(C#N)cc1F)[C@H](C)NC(=O)O. The normalized spacial score (nSPS) is 12.7. The molecule has 1 amide bonds. The van der Waals surface area contributed by atoms with Crippen LogP contribution in [-0.4, -0.2) is 51.3 Å². The van der Waals surface area contributed by atoms with Crippen LogP contribution in [0.2, 0.25) is 0 Å². The fourth-order valence-electron chi connectivity index (χ4n) is 3.18. The molecule has 10 nitrogen and oxygen atoms in total. The molecule has 4 N–H and O–H groups in total. The van der Waals surface area contributed by atoms with E-state index in [9.17, 15) is 14.4 Å². The Morgan fingerprint density at radius 3 is 2.84 bits per heavy atom. The highest BCUT2D eigenvalue weighted by Gasteiger charge is 2.22. The molecule has 3 aromatic rings. The second-order valence-electron chi connectivity index (χ2n) is 7.14. The predicted octanol–water partition coefficient (Wildman–Crippen LogP) is 3.20. The van der Waals surface area contributed by atoms with Crippen LogP contribution in [0.1, 0.15) is 19.4 Å². The molecular weight excluding hydrogens is 417 g/mol. The van der Waals surface area contributed by atoms with Gasteiger partial charge in [0.15, 0.2) is 17.5 Å². The molecule has 0 bridgehead atoms. The van der Waals surface area contributed by atoms with Gasteiger partial charge in [0.1, 0.15) is 6.07 Å². The quantitative estimate of drug-likeness (QED) is 0.397. The third kappa shape index (κ3) is 5.22. The molecule has 0 fully saturated rings. The molecule has 3 rings (SSSR count). The van der Waals surface area contributed by atoms with Crippen molar-refractivity contribution >= 4 is 34.3 Å². The number of anilines is 3. The molecule has 0 unspecified atom stereocenters. The highest BCUT2D eigenvalue weighted by molar-refractivity contribution is 5.83. The topological polar surface area (TPSA) is 137 Å². The molecule has 0 aliphatic carbocycles. The maximum Gasteiger partial charge on any atom is 0.404 e. The number of nitrogens with zero attached hydrogens (tertiary/aromatic N) is 4. The van der Waals surface area contributed by atoms with Crippen LogP contribution in [0.5, 0.6) is 0 Å². The smallest absolute Gasteiger partial charge is 0.404 e. The average molecular weight is 441 g/mol. The second kappa shape index (κ2) is 9.93. The van der Waals surface area contributed by atoms with E-state index in [4.69, 9.17) is 9.84 Å². The number of nitriles is 1. The number of nitrogens with one attached hydrogen (secondary N) is 3. The third-order valence-corrected chi connectivity index (χ3v) is 4.88. The molecule has 32 heavy (non-hydrogen) atoms. The van der Waals surface area contributed by atoms with Crippen molar-refractivity contribution < 1.29 is 19.0 Å². The van der Waals surface area contributed by atoms with Gasteiger partial charge in [-0.3, -0.25) is 4.68 Å². The number of pyridine rings is 1. The van der Waals surface area contributed by atoms with E-state index in [1.807, 2.05) is 25.2 Å². The van der Waals surface area contributed by atoms with Gasteiger partial charge >= 0.3 is 6.09 Å². The Balaban J connectivity index is 1.90. The summed E-state index contributed by atoms with van der Waals surface area (Å²) in [5.74, 6) is -0.704. The minimum atomic E-state index is -1.21. The molecule has 0 saturated heterocycles. The summed E-state index contributed by atoms with van der Waals surface area (Å²) in [6, 6.07) is 7.34. The largest absolute Gasteiger partial charge is 0.465 e. The van der Waals surface area contributed by atoms with Crippen LogP contribution < -0.4 is 16.0 Å². The summed E-state index contributed by atoms with van der Waals surface area (Å²) in [6.45, 7) is 3.97. The van der Waals surface area contributed by atoms with Crippen LogP contribution in [0, 0.1) is 17.1 Å². The number of aryl methyl sites for hydroxylation is 1. The Kier molecular flexibility index (Phi) is 7.07. The van der Waals surface area contributed by atoms with E-state index in [0.717, 1.165) is 17.0 Å². The van der Waals surface area contributed by atoms with Gasteiger partial charge < -0.3 is 25.8 Å². The number of aromatic nitrogens is 3. The molecule has 2 aromatic heterocycles. The van der Waals surface area contributed by atoms with Crippen molar-refractivity contribution in [1.82, 2.24) is 20.1 Å². The summed E-state index contributed by atoms with van der Waals surface area (Å²) in [5.41, 5.74) is 1.61. The molecule has 0 spiro atoms. The fraction of sp³-hybridized carbons (Fsp3) is 0.333. The maximum atomic E-state index is 14.7. The van der Waals surface area contributed by atoms with Crippen LogP contribution in [-0.2, 0) is 11.8 Å². The molecule has 1 aromatic carbocycles. The first-order chi connectivity index (χ1) is 15.3. The van der Waals surface area contributed by atoms with Gasteiger partial charge in [-0.15, -0.1) is 0 Å². The van der Waals surface area contributed by atoms with Crippen molar-refractivity contribution in [1.29, 1.82) is 5.26 Å². The van der Waals surface area contributed by atoms with E-state index in [2.05, 4.69) is 26.0 Å². The van der Waals surface area contributed by atoms with E-state index in [1.165, 1.54) is 0 Å². The minimum Gasteiger partial charge on any atom is -0.465 e. The summed E-state index contributed by atoms with van der Waals surface area (Å²) in [4.78, 5) is 15.3. The monoisotopic (exact) mass is 441 g/mol. The zero-order valence-corrected chi connectivity index (χ0v) is 17.9. The number of fused-ring (bicyclic) bond motifs is 1. The fourth-order valence-corrected chi connectivity index (χ4v) is 3.18. The van der Waals surface area contributed by atoms with E-state index in [0.29, 0.717) is 12.3 Å². The molecule has 168 valence electrons. The van der Waals surface area contributed by atoms with Crippen LogP contribution in [0.3, 0.4) is 0 Å². The Hall–Kier alpha value is -3.91.